The quantitative estimate of drug-likeness (QED) is 0.145. The van der Waals surface area contributed by atoms with E-state index in [2.05, 4.69) is 72.6 Å². The minimum Gasteiger partial charge on any atom is -0.128 e. The lowest BCUT2D eigenvalue weighted by Gasteiger charge is -2.09. The molecule has 0 unspecified atom stereocenters. The summed E-state index contributed by atoms with van der Waals surface area (Å²) in [6.07, 6.45) is 4.22. The van der Waals surface area contributed by atoms with Crippen LogP contribution in [0, 0.1) is 23.7 Å². The van der Waals surface area contributed by atoms with Crippen molar-refractivity contribution in [2.45, 2.75) is 9.79 Å². The van der Waals surface area contributed by atoms with Crippen molar-refractivity contribution < 1.29 is 0 Å². The Morgan fingerprint density at radius 2 is 0.824 bits per heavy atom. The van der Waals surface area contributed by atoms with Gasteiger partial charge in [0, 0.05) is 32.0 Å². The fourth-order valence-corrected chi connectivity index (χ4v) is 5.06. The van der Waals surface area contributed by atoms with E-state index in [0.29, 0.717) is 0 Å². The molecule has 0 heterocycles. The minimum absolute atomic E-state index is 1.03. The van der Waals surface area contributed by atoms with Crippen LogP contribution in [-0.2, 0) is 0 Å². The van der Waals surface area contributed by atoms with Gasteiger partial charge in [-0.05, 0) is 94.7 Å². The molecule has 0 N–H and O–H groups in total. The molecule has 5 aromatic carbocycles. The molecule has 5 rings (SSSR count). The van der Waals surface area contributed by atoms with Gasteiger partial charge in [-0.15, -0.1) is 23.5 Å². The van der Waals surface area contributed by atoms with Crippen LogP contribution in [-0.4, -0.2) is 12.5 Å². The van der Waals surface area contributed by atoms with Gasteiger partial charge in [-0.25, -0.2) is 0 Å². The lowest BCUT2D eigenvalue weighted by Crippen LogP contribution is -1.87. The summed E-state index contributed by atoms with van der Waals surface area (Å²) in [5.41, 5.74) is 4.20. The van der Waals surface area contributed by atoms with Crippen molar-refractivity contribution in [2.75, 3.05) is 12.5 Å². The summed E-state index contributed by atoms with van der Waals surface area (Å²) in [6.45, 7) is 0. The van der Waals surface area contributed by atoms with Crippen molar-refractivity contribution in [1.82, 2.24) is 0 Å². The highest BCUT2D eigenvalue weighted by atomic mass is 32.2. The third kappa shape index (κ3) is 4.85. The van der Waals surface area contributed by atoms with E-state index in [-0.39, 0.29) is 0 Å². The molecule has 0 saturated heterocycles. The predicted octanol–water partition coefficient (Wildman–Crippen LogP) is 8.24. The van der Waals surface area contributed by atoms with Crippen LogP contribution < -0.4 is 0 Å². The highest BCUT2D eigenvalue weighted by Crippen LogP contribution is 2.32. The maximum Gasteiger partial charge on any atom is 0.0391 e. The molecule has 0 bridgehead atoms. The minimum atomic E-state index is 1.03. The molecule has 0 fully saturated rings. The van der Waals surface area contributed by atoms with Crippen LogP contribution >= 0.6 is 23.5 Å². The molecule has 2 heteroatoms. The van der Waals surface area contributed by atoms with E-state index in [4.69, 9.17) is 0 Å². The van der Waals surface area contributed by atoms with Gasteiger partial charge in [0.05, 0.1) is 0 Å². The summed E-state index contributed by atoms with van der Waals surface area (Å²) >= 11 is 3.48. The average Bonchev–Trinajstić information content (AvgIpc) is 2.89. The number of hydrogen-bond donors (Lipinski definition) is 0. The van der Waals surface area contributed by atoms with Gasteiger partial charge in [-0.1, -0.05) is 60.1 Å². The van der Waals surface area contributed by atoms with E-state index in [1.165, 1.54) is 31.3 Å². The zero-order valence-corrected chi connectivity index (χ0v) is 20.7. The molecule has 34 heavy (non-hydrogen) atoms. The summed E-state index contributed by atoms with van der Waals surface area (Å²) in [7, 11) is 0. The molecule has 0 radical (unpaired) electrons. The number of benzene rings is 5. The number of fused-ring (bicyclic) bond motifs is 2. The van der Waals surface area contributed by atoms with Gasteiger partial charge in [0.15, 0.2) is 0 Å². The first-order valence-electron chi connectivity index (χ1n) is 11.0. The molecular weight excluding hydrogens is 448 g/mol. The zero-order chi connectivity index (χ0) is 23.3. The monoisotopic (exact) mass is 470 g/mol. The summed E-state index contributed by atoms with van der Waals surface area (Å²) in [4.78, 5) is 2.39. The summed E-state index contributed by atoms with van der Waals surface area (Å²) in [6, 6.07) is 33.8. The summed E-state index contributed by atoms with van der Waals surface area (Å²) in [5.74, 6) is 13.4. The highest BCUT2D eigenvalue weighted by Gasteiger charge is 2.08. The first-order valence-corrected chi connectivity index (χ1v) is 13.5. The molecule has 0 amide bonds. The van der Waals surface area contributed by atoms with E-state index < -0.39 is 0 Å². The van der Waals surface area contributed by atoms with Crippen LogP contribution in [0.5, 0.6) is 0 Å². The van der Waals surface area contributed by atoms with E-state index in [1.54, 1.807) is 23.5 Å². The van der Waals surface area contributed by atoms with Crippen molar-refractivity contribution in [2.24, 2.45) is 0 Å². The third-order valence-corrected chi connectivity index (χ3v) is 7.22. The second-order valence-corrected chi connectivity index (χ2v) is 9.58. The summed E-state index contributed by atoms with van der Waals surface area (Å²) in [5, 5.41) is 4.86. The molecule has 0 aliphatic rings. The Labute approximate surface area is 209 Å². The van der Waals surface area contributed by atoms with Gasteiger partial charge in [-0.2, -0.15) is 0 Å². The van der Waals surface area contributed by atoms with Crippen LogP contribution in [0.2, 0.25) is 0 Å². The lowest BCUT2D eigenvalue weighted by molar-refractivity contribution is 1.44. The largest absolute Gasteiger partial charge is 0.128 e. The third-order valence-electron chi connectivity index (χ3n) is 5.66. The van der Waals surface area contributed by atoms with Crippen molar-refractivity contribution in [3.63, 3.8) is 0 Å². The first-order chi connectivity index (χ1) is 16.7. The molecular formula is C32H22S2. The lowest BCUT2D eigenvalue weighted by atomic mass is 10.00. The maximum atomic E-state index is 3.39. The standard InChI is InChI=1S/C32H22S2/c1-33-31-21-29-19-28-18-26(16-14-24-11-7-4-8-12-24)32(34-2)22-30(28)20-27(29)17-25(31)15-13-23-9-5-3-6-10-23/h3-12,17-22H,1-2H3. The Bertz CT molecular complexity index is 1490. The van der Waals surface area contributed by atoms with Crippen molar-refractivity contribution in [3.05, 3.63) is 119 Å². The Balaban J connectivity index is 1.61. The molecule has 5 aromatic rings. The fourth-order valence-electron chi connectivity index (χ4n) is 3.91. The molecule has 0 atom stereocenters. The second-order valence-electron chi connectivity index (χ2n) is 7.88. The van der Waals surface area contributed by atoms with Crippen molar-refractivity contribution in [1.29, 1.82) is 0 Å². The van der Waals surface area contributed by atoms with Gasteiger partial charge < -0.3 is 0 Å². The number of rotatable bonds is 2. The summed E-state index contributed by atoms with van der Waals surface area (Å²) < 4.78 is 0. The van der Waals surface area contributed by atoms with Gasteiger partial charge >= 0.3 is 0 Å². The van der Waals surface area contributed by atoms with Gasteiger partial charge in [0.1, 0.15) is 0 Å². The Hall–Kier alpha value is -3.56. The molecule has 0 aliphatic carbocycles. The molecule has 162 valence electrons. The average molecular weight is 471 g/mol. The van der Waals surface area contributed by atoms with Crippen LogP contribution in [0.3, 0.4) is 0 Å². The van der Waals surface area contributed by atoms with E-state index >= 15 is 0 Å². The fraction of sp³-hybridized carbons (Fsp3) is 0.0625. The van der Waals surface area contributed by atoms with Crippen LogP contribution in [0.15, 0.2) is 107 Å². The van der Waals surface area contributed by atoms with Crippen LogP contribution in [0.25, 0.3) is 21.5 Å². The van der Waals surface area contributed by atoms with Gasteiger partial charge in [0.2, 0.25) is 0 Å². The smallest absolute Gasteiger partial charge is 0.0391 e. The topological polar surface area (TPSA) is 0 Å². The molecule has 0 aliphatic heterocycles. The van der Waals surface area contributed by atoms with Crippen molar-refractivity contribution >= 4 is 45.1 Å². The molecule has 0 nitrogen and oxygen atoms in total. The number of thioether (sulfide) groups is 2. The van der Waals surface area contributed by atoms with Crippen LogP contribution in [0.4, 0.5) is 0 Å². The number of hydrogen-bond acceptors (Lipinski definition) is 2. The van der Waals surface area contributed by atoms with E-state index in [0.717, 1.165) is 22.3 Å². The zero-order valence-electron chi connectivity index (χ0n) is 19.1. The highest BCUT2D eigenvalue weighted by molar-refractivity contribution is 7.98. The predicted molar refractivity (Wildman–Crippen MR) is 150 cm³/mol. The second kappa shape index (κ2) is 10.1. The van der Waals surface area contributed by atoms with Gasteiger partial charge in [-0.3, -0.25) is 0 Å². The molecule has 0 saturated carbocycles. The molecule has 0 aromatic heterocycles. The van der Waals surface area contributed by atoms with Crippen LogP contribution in [0.1, 0.15) is 22.3 Å². The van der Waals surface area contributed by atoms with E-state index in [1.807, 2.05) is 60.7 Å². The van der Waals surface area contributed by atoms with E-state index in [9.17, 15) is 0 Å². The van der Waals surface area contributed by atoms with Crippen molar-refractivity contribution in [3.8, 4) is 23.7 Å². The first kappa shape index (κ1) is 22.2. The normalized spacial score (nSPS) is 10.4. The SMILES string of the molecule is CSc1cc2cc3cc(C#Cc4ccccc4)c(SC)cc3cc2cc1C#Cc1ccccc1. The Morgan fingerprint density at radius 3 is 1.21 bits per heavy atom. The Morgan fingerprint density at radius 1 is 0.441 bits per heavy atom. The van der Waals surface area contributed by atoms with Gasteiger partial charge in [0.25, 0.3) is 0 Å². The molecule has 0 spiro atoms. The Kier molecular flexibility index (Phi) is 6.64. The maximum absolute atomic E-state index is 3.39.